The van der Waals surface area contributed by atoms with Gasteiger partial charge >= 0.3 is 5.97 Å². The maximum atomic E-state index is 11.9. The molecule has 128 valence electrons. The lowest BCUT2D eigenvalue weighted by atomic mass is 10.1. The molecule has 2 aromatic rings. The van der Waals surface area contributed by atoms with Gasteiger partial charge in [-0.3, -0.25) is 0 Å². The minimum atomic E-state index is -0.498. The standard InChI is InChI=1S/C20H24O4/c1-20(2,3)24-19(21)17-9-11-18(12-10-17)23-14-13-22-15-16-7-5-4-6-8-16/h4-12H,13-15H2,1-3H3. The third-order valence-corrected chi connectivity index (χ3v) is 3.10. The van der Waals surface area contributed by atoms with Crippen molar-refractivity contribution in [1.29, 1.82) is 0 Å². The number of hydrogen-bond acceptors (Lipinski definition) is 4. The molecule has 0 aliphatic carbocycles. The monoisotopic (exact) mass is 328 g/mol. The largest absolute Gasteiger partial charge is 0.491 e. The first-order chi connectivity index (χ1) is 11.4. The SMILES string of the molecule is CC(C)(C)OC(=O)c1ccc(OCCOCc2ccccc2)cc1. The van der Waals surface area contributed by atoms with Crippen molar-refractivity contribution in [2.45, 2.75) is 33.0 Å². The molecule has 0 saturated carbocycles. The fraction of sp³-hybridized carbons (Fsp3) is 0.350. The Morgan fingerprint density at radius 1 is 0.917 bits per heavy atom. The predicted octanol–water partition coefficient (Wildman–Crippen LogP) is 4.24. The summed E-state index contributed by atoms with van der Waals surface area (Å²) < 4.78 is 16.5. The molecule has 0 bridgehead atoms. The molecule has 0 saturated heterocycles. The Bertz CT molecular complexity index is 627. The molecule has 0 aliphatic heterocycles. The Kier molecular flexibility index (Phi) is 6.38. The van der Waals surface area contributed by atoms with Crippen molar-refractivity contribution in [2.24, 2.45) is 0 Å². The van der Waals surface area contributed by atoms with Crippen LogP contribution in [-0.4, -0.2) is 24.8 Å². The van der Waals surface area contributed by atoms with E-state index in [1.54, 1.807) is 24.3 Å². The third-order valence-electron chi connectivity index (χ3n) is 3.10. The molecule has 2 aromatic carbocycles. The number of carbonyl (C=O) groups is 1. The normalized spacial score (nSPS) is 11.1. The highest BCUT2D eigenvalue weighted by atomic mass is 16.6. The fourth-order valence-corrected chi connectivity index (χ4v) is 2.01. The van der Waals surface area contributed by atoms with Gasteiger partial charge in [-0.05, 0) is 50.6 Å². The highest BCUT2D eigenvalue weighted by Gasteiger charge is 2.17. The van der Waals surface area contributed by atoms with Crippen molar-refractivity contribution < 1.29 is 19.0 Å². The van der Waals surface area contributed by atoms with Gasteiger partial charge in [0.2, 0.25) is 0 Å². The van der Waals surface area contributed by atoms with Gasteiger partial charge in [0.25, 0.3) is 0 Å². The summed E-state index contributed by atoms with van der Waals surface area (Å²) >= 11 is 0. The Labute approximate surface area is 143 Å². The van der Waals surface area contributed by atoms with Gasteiger partial charge in [0.05, 0.1) is 18.8 Å². The zero-order chi connectivity index (χ0) is 17.4. The van der Waals surface area contributed by atoms with Gasteiger partial charge in [-0.15, -0.1) is 0 Å². The van der Waals surface area contributed by atoms with Gasteiger partial charge < -0.3 is 14.2 Å². The summed E-state index contributed by atoms with van der Waals surface area (Å²) in [5.41, 5.74) is 1.15. The van der Waals surface area contributed by atoms with Gasteiger partial charge in [-0.2, -0.15) is 0 Å². The number of hydrogen-bond donors (Lipinski definition) is 0. The van der Waals surface area contributed by atoms with E-state index in [1.165, 1.54) is 0 Å². The lowest BCUT2D eigenvalue weighted by Crippen LogP contribution is -2.23. The van der Waals surface area contributed by atoms with E-state index in [1.807, 2.05) is 51.1 Å². The van der Waals surface area contributed by atoms with Crippen LogP contribution in [0, 0.1) is 0 Å². The van der Waals surface area contributed by atoms with Gasteiger partial charge in [0.15, 0.2) is 0 Å². The van der Waals surface area contributed by atoms with Crippen LogP contribution in [-0.2, 0) is 16.1 Å². The molecule has 0 spiro atoms. The first-order valence-corrected chi connectivity index (χ1v) is 8.02. The summed E-state index contributed by atoms with van der Waals surface area (Å²) in [7, 11) is 0. The summed E-state index contributed by atoms with van der Waals surface area (Å²) in [4.78, 5) is 11.9. The highest BCUT2D eigenvalue weighted by Crippen LogP contribution is 2.16. The molecular weight excluding hydrogens is 304 g/mol. The molecule has 2 rings (SSSR count). The molecule has 0 aliphatic rings. The second-order valence-corrected chi connectivity index (χ2v) is 6.41. The molecular formula is C20H24O4. The Morgan fingerprint density at radius 3 is 2.21 bits per heavy atom. The van der Waals surface area contributed by atoms with Crippen molar-refractivity contribution in [3.63, 3.8) is 0 Å². The number of carbonyl (C=O) groups excluding carboxylic acids is 1. The molecule has 0 amide bonds. The summed E-state index contributed by atoms with van der Waals surface area (Å²) in [5, 5.41) is 0. The van der Waals surface area contributed by atoms with Crippen LogP contribution in [0.3, 0.4) is 0 Å². The lowest BCUT2D eigenvalue weighted by Gasteiger charge is -2.19. The second-order valence-electron chi connectivity index (χ2n) is 6.41. The molecule has 0 aromatic heterocycles. The number of benzene rings is 2. The minimum Gasteiger partial charge on any atom is -0.491 e. The smallest absolute Gasteiger partial charge is 0.338 e. The Balaban J connectivity index is 1.71. The summed E-state index contributed by atoms with van der Waals surface area (Å²) in [6, 6.07) is 16.9. The van der Waals surface area contributed by atoms with Crippen LogP contribution in [0.5, 0.6) is 5.75 Å². The zero-order valence-electron chi connectivity index (χ0n) is 14.5. The summed E-state index contributed by atoms with van der Waals surface area (Å²) in [5.74, 6) is 0.367. The van der Waals surface area contributed by atoms with E-state index in [4.69, 9.17) is 14.2 Å². The summed E-state index contributed by atoms with van der Waals surface area (Å²) in [6.45, 7) is 7.07. The Hall–Kier alpha value is -2.33. The van der Waals surface area contributed by atoms with Crippen molar-refractivity contribution >= 4 is 5.97 Å². The Morgan fingerprint density at radius 2 is 1.58 bits per heavy atom. The van der Waals surface area contributed by atoms with E-state index < -0.39 is 5.60 Å². The predicted molar refractivity (Wildman–Crippen MR) is 93.2 cm³/mol. The van der Waals surface area contributed by atoms with E-state index in [-0.39, 0.29) is 5.97 Å². The molecule has 0 radical (unpaired) electrons. The van der Waals surface area contributed by atoms with E-state index in [0.29, 0.717) is 31.1 Å². The molecule has 4 nitrogen and oxygen atoms in total. The van der Waals surface area contributed by atoms with E-state index >= 15 is 0 Å². The number of rotatable bonds is 7. The first kappa shape index (κ1) is 18.0. The minimum absolute atomic E-state index is 0.333. The van der Waals surface area contributed by atoms with Gasteiger partial charge in [0, 0.05) is 0 Å². The number of ether oxygens (including phenoxy) is 3. The second kappa shape index (κ2) is 8.50. The topological polar surface area (TPSA) is 44.8 Å². The van der Waals surface area contributed by atoms with Gasteiger partial charge in [-0.1, -0.05) is 30.3 Å². The third kappa shape index (κ3) is 6.42. The lowest BCUT2D eigenvalue weighted by molar-refractivity contribution is 0.00695. The zero-order valence-corrected chi connectivity index (χ0v) is 14.5. The maximum absolute atomic E-state index is 11.9. The van der Waals surface area contributed by atoms with E-state index in [9.17, 15) is 4.79 Å². The van der Waals surface area contributed by atoms with Gasteiger partial charge in [0.1, 0.15) is 18.0 Å². The fourth-order valence-electron chi connectivity index (χ4n) is 2.01. The maximum Gasteiger partial charge on any atom is 0.338 e. The van der Waals surface area contributed by atoms with E-state index in [0.717, 1.165) is 5.56 Å². The first-order valence-electron chi connectivity index (χ1n) is 8.02. The molecule has 0 N–H and O–H groups in total. The molecule has 24 heavy (non-hydrogen) atoms. The average Bonchev–Trinajstić information content (AvgIpc) is 2.54. The van der Waals surface area contributed by atoms with Crippen molar-refractivity contribution in [3.8, 4) is 5.75 Å². The van der Waals surface area contributed by atoms with Crippen molar-refractivity contribution in [2.75, 3.05) is 13.2 Å². The summed E-state index contributed by atoms with van der Waals surface area (Å²) in [6.07, 6.45) is 0. The highest BCUT2D eigenvalue weighted by molar-refractivity contribution is 5.89. The van der Waals surface area contributed by atoms with Crippen LogP contribution in [0.15, 0.2) is 54.6 Å². The average molecular weight is 328 g/mol. The number of esters is 1. The quantitative estimate of drug-likeness (QED) is 0.563. The van der Waals surface area contributed by atoms with Crippen LogP contribution in [0.4, 0.5) is 0 Å². The molecule has 4 heteroatoms. The van der Waals surface area contributed by atoms with Crippen LogP contribution in [0.25, 0.3) is 0 Å². The molecule has 0 fully saturated rings. The van der Waals surface area contributed by atoms with Crippen LogP contribution in [0.1, 0.15) is 36.7 Å². The molecule has 0 heterocycles. The molecule has 0 atom stereocenters. The van der Waals surface area contributed by atoms with E-state index in [2.05, 4.69) is 0 Å². The van der Waals surface area contributed by atoms with Crippen LogP contribution >= 0.6 is 0 Å². The van der Waals surface area contributed by atoms with Crippen LogP contribution < -0.4 is 4.74 Å². The van der Waals surface area contributed by atoms with Crippen molar-refractivity contribution in [3.05, 3.63) is 65.7 Å². The van der Waals surface area contributed by atoms with Gasteiger partial charge in [-0.25, -0.2) is 4.79 Å². The van der Waals surface area contributed by atoms with Crippen LogP contribution in [0.2, 0.25) is 0 Å². The van der Waals surface area contributed by atoms with Crippen molar-refractivity contribution in [1.82, 2.24) is 0 Å². The molecule has 0 unspecified atom stereocenters.